The van der Waals surface area contributed by atoms with Gasteiger partial charge in [0.15, 0.2) is 5.11 Å². The SMILES string of the molecule is CC(C)CN1C(=S)N[C@H](c2ccccn2)[C@H]1c1cccn1-c1ccc(N(C)C)cc1. The molecule has 3 heterocycles. The van der Waals surface area contributed by atoms with Crippen molar-refractivity contribution >= 4 is 23.0 Å². The van der Waals surface area contributed by atoms with Crippen molar-refractivity contribution in [2.75, 3.05) is 25.5 Å². The second-order valence-electron chi connectivity index (χ2n) is 8.39. The summed E-state index contributed by atoms with van der Waals surface area (Å²) in [5.41, 5.74) is 4.54. The second-order valence-corrected chi connectivity index (χ2v) is 8.77. The zero-order valence-corrected chi connectivity index (χ0v) is 18.8. The molecule has 1 fully saturated rings. The lowest BCUT2D eigenvalue weighted by molar-refractivity contribution is 0.280. The molecule has 30 heavy (non-hydrogen) atoms. The van der Waals surface area contributed by atoms with Crippen molar-refractivity contribution in [3.8, 4) is 5.69 Å². The van der Waals surface area contributed by atoms with E-state index in [1.807, 2.05) is 18.3 Å². The van der Waals surface area contributed by atoms with Crippen LogP contribution in [0.25, 0.3) is 5.69 Å². The Morgan fingerprint density at radius 1 is 1.07 bits per heavy atom. The number of hydrogen-bond acceptors (Lipinski definition) is 3. The summed E-state index contributed by atoms with van der Waals surface area (Å²) in [7, 11) is 4.12. The smallest absolute Gasteiger partial charge is 0.170 e. The molecule has 0 bridgehead atoms. The third-order valence-corrected chi connectivity index (χ3v) is 5.84. The van der Waals surface area contributed by atoms with Crippen LogP contribution in [0.2, 0.25) is 0 Å². The van der Waals surface area contributed by atoms with Gasteiger partial charge in [0.2, 0.25) is 0 Å². The minimum Gasteiger partial charge on any atom is -0.378 e. The predicted molar refractivity (Wildman–Crippen MR) is 127 cm³/mol. The number of benzene rings is 1. The topological polar surface area (TPSA) is 36.3 Å². The molecule has 0 saturated carbocycles. The van der Waals surface area contributed by atoms with E-state index in [0.717, 1.165) is 23.0 Å². The van der Waals surface area contributed by atoms with Crippen molar-refractivity contribution < 1.29 is 0 Å². The van der Waals surface area contributed by atoms with Crippen LogP contribution in [0.3, 0.4) is 0 Å². The molecule has 156 valence electrons. The van der Waals surface area contributed by atoms with Crippen LogP contribution >= 0.6 is 12.2 Å². The van der Waals surface area contributed by atoms with Crippen molar-refractivity contribution in [3.05, 3.63) is 78.4 Å². The van der Waals surface area contributed by atoms with Crippen LogP contribution in [0.4, 0.5) is 5.69 Å². The van der Waals surface area contributed by atoms with Gasteiger partial charge in [0, 0.05) is 50.1 Å². The van der Waals surface area contributed by atoms with Crippen LogP contribution in [0.5, 0.6) is 0 Å². The van der Waals surface area contributed by atoms with Crippen LogP contribution in [0, 0.1) is 5.92 Å². The minimum absolute atomic E-state index is 0.00662. The van der Waals surface area contributed by atoms with Gasteiger partial charge >= 0.3 is 0 Å². The number of thiocarbonyl (C=S) groups is 1. The maximum atomic E-state index is 5.76. The van der Waals surface area contributed by atoms with Crippen molar-refractivity contribution in [2.24, 2.45) is 5.92 Å². The molecule has 1 aliphatic heterocycles. The standard InChI is InChI=1S/C24H29N5S/c1-17(2)16-29-23(22(26-24(29)30)20-8-5-6-14-25-20)21-9-7-15-28(21)19-12-10-18(11-13-19)27(3)4/h5-15,17,22-23H,16H2,1-4H3,(H,26,30)/t22-,23-/m1/s1. The molecular weight excluding hydrogens is 390 g/mol. The molecule has 1 saturated heterocycles. The Morgan fingerprint density at radius 2 is 1.83 bits per heavy atom. The molecule has 0 spiro atoms. The monoisotopic (exact) mass is 419 g/mol. The van der Waals surface area contributed by atoms with E-state index in [0.29, 0.717) is 5.92 Å². The van der Waals surface area contributed by atoms with Crippen LogP contribution in [-0.2, 0) is 0 Å². The van der Waals surface area contributed by atoms with Crippen LogP contribution in [-0.4, -0.2) is 40.2 Å². The molecule has 0 aliphatic carbocycles. The van der Waals surface area contributed by atoms with Gasteiger partial charge in [0.1, 0.15) is 0 Å². The van der Waals surface area contributed by atoms with Crippen molar-refractivity contribution in [3.63, 3.8) is 0 Å². The first-order valence-electron chi connectivity index (χ1n) is 10.4. The van der Waals surface area contributed by atoms with E-state index in [4.69, 9.17) is 12.2 Å². The third kappa shape index (κ3) is 3.92. The van der Waals surface area contributed by atoms with Crippen LogP contribution < -0.4 is 10.2 Å². The summed E-state index contributed by atoms with van der Waals surface area (Å²) in [6, 6.07) is 19.1. The minimum atomic E-state index is 0.00662. The Balaban J connectivity index is 1.77. The van der Waals surface area contributed by atoms with Gasteiger partial charge in [-0.25, -0.2) is 0 Å². The highest BCUT2D eigenvalue weighted by atomic mass is 32.1. The second kappa shape index (κ2) is 8.48. The molecule has 3 aromatic rings. The summed E-state index contributed by atoms with van der Waals surface area (Å²) < 4.78 is 2.27. The molecule has 1 aromatic carbocycles. The van der Waals surface area contributed by atoms with E-state index in [2.05, 4.69) is 101 Å². The molecule has 6 heteroatoms. The van der Waals surface area contributed by atoms with E-state index >= 15 is 0 Å². The molecule has 1 N–H and O–H groups in total. The highest BCUT2D eigenvalue weighted by Crippen LogP contribution is 2.40. The molecule has 4 rings (SSSR count). The number of nitrogens with one attached hydrogen (secondary N) is 1. The van der Waals surface area contributed by atoms with Crippen LogP contribution in [0.1, 0.15) is 37.3 Å². The largest absolute Gasteiger partial charge is 0.378 e. The Kier molecular flexibility index (Phi) is 5.77. The predicted octanol–water partition coefficient (Wildman–Crippen LogP) is 4.57. The fraction of sp³-hybridized carbons (Fsp3) is 0.333. The van der Waals surface area contributed by atoms with Gasteiger partial charge in [-0.05, 0) is 66.7 Å². The fourth-order valence-electron chi connectivity index (χ4n) is 4.10. The number of rotatable bonds is 6. The summed E-state index contributed by atoms with van der Waals surface area (Å²) in [6.07, 6.45) is 3.98. The molecule has 2 atom stereocenters. The molecule has 0 radical (unpaired) electrons. The Labute approximate surface area is 184 Å². The first-order chi connectivity index (χ1) is 14.5. The summed E-state index contributed by atoms with van der Waals surface area (Å²) in [5, 5.41) is 4.33. The van der Waals surface area contributed by atoms with Crippen molar-refractivity contribution in [1.29, 1.82) is 0 Å². The number of aromatic nitrogens is 2. The van der Waals surface area contributed by atoms with Gasteiger partial charge in [-0.1, -0.05) is 19.9 Å². The molecule has 0 unspecified atom stereocenters. The highest BCUT2D eigenvalue weighted by molar-refractivity contribution is 7.80. The van der Waals surface area contributed by atoms with E-state index in [1.54, 1.807) is 0 Å². The summed E-state index contributed by atoms with van der Waals surface area (Å²) in [5.74, 6) is 0.498. The van der Waals surface area contributed by atoms with Gasteiger partial charge < -0.3 is 19.7 Å². The maximum Gasteiger partial charge on any atom is 0.170 e. The first-order valence-corrected chi connectivity index (χ1v) is 10.8. The normalized spacial score (nSPS) is 18.7. The lowest BCUT2D eigenvalue weighted by Crippen LogP contribution is -2.33. The number of nitrogens with zero attached hydrogens (tertiary/aromatic N) is 4. The van der Waals surface area contributed by atoms with Gasteiger partial charge in [0.05, 0.1) is 17.8 Å². The zero-order valence-electron chi connectivity index (χ0n) is 18.0. The molecule has 2 aromatic heterocycles. The van der Waals surface area contributed by atoms with E-state index in [1.165, 1.54) is 11.4 Å². The van der Waals surface area contributed by atoms with Gasteiger partial charge in [-0.15, -0.1) is 0 Å². The zero-order chi connectivity index (χ0) is 21.3. The number of pyridine rings is 1. The van der Waals surface area contributed by atoms with E-state index < -0.39 is 0 Å². The van der Waals surface area contributed by atoms with Crippen LogP contribution in [0.15, 0.2) is 67.0 Å². The molecular formula is C24H29N5S. The van der Waals surface area contributed by atoms with E-state index in [-0.39, 0.29) is 12.1 Å². The summed E-state index contributed by atoms with van der Waals surface area (Å²) in [4.78, 5) is 9.07. The first kappa shape index (κ1) is 20.4. The average Bonchev–Trinajstić information content (AvgIpc) is 3.33. The highest BCUT2D eigenvalue weighted by Gasteiger charge is 2.41. The quantitative estimate of drug-likeness (QED) is 0.593. The van der Waals surface area contributed by atoms with Gasteiger partial charge in [0.25, 0.3) is 0 Å². The molecule has 5 nitrogen and oxygen atoms in total. The molecule has 0 amide bonds. The Bertz CT molecular complexity index is 994. The van der Waals surface area contributed by atoms with Crippen molar-refractivity contribution in [2.45, 2.75) is 25.9 Å². The van der Waals surface area contributed by atoms with Gasteiger partial charge in [-0.2, -0.15) is 0 Å². The third-order valence-electron chi connectivity index (χ3n) is 5.49. The molecule has 1 aliphatic rings. The maximum absolute atomic E-state index is 5.76. The summed E-state index contributed by atoms with van der Waals surface area (Å²) in [6.45, 7) is 5.35. The lowest BCUT2D eigenvalue weighted by atomic mass is 10.0. The number of hydrogen-bond donors (Lipinski definition) is 1. The Hall–Kier alpha value is -2.86. The van der Waals surface area contributed by atoms with Crippen molar-refractivity contribution in [1.82, 2.24) is 19.8 Å². The lowest BCUT2D eigenvalue weighted by Gasteiger charge is -2.30. The Morgan fingerprint density at radius 3 is 2.47 bits per heavy atom. The number of anilines is 1. The fourth-order valence-corrected chi connectivity index (χ4v) is 4.41. The van der Waals surface area contributed by atoms with Gasteiger partial charge in [-0.3, -0.25) is 4.98 Å². The summed E-state index contributed by atoms with van der Waals surface area (Å²) >= 11 is 5.76. The average molecular weight is 420 g/mol. The van der Waals surface area contributed by atoms with E-state index in [9.17, 15) is 0 Å².